The first-order valence-corrected chi connectivity index (χ1v) is 8.30. The highest BCUT2D eigenvalue weighted by atomic mass is 15.3. The van der Waals surface area contributed by atoms with Crippen molar-refractivity contribution in [3.05, 3.63) is 48.3 Å². The van der Waals surface area contributed by atoms with Crippen LogP contribution in [0.3, 0.4) is 0 Å². The second-order valence-corrected chi connectivity index (χ2v) is 5.61. The highest BCUT2D eigenvalue weighted by Gasteiger charge is 2.05. The Kier molecular flexibility index (Phi) is 6.66. The van der Waals surface area contributed by atoms with Crippen LogP contribution in [0.2, 0.25) is 0 Å². The van der Waals surface area contributed by atoms with Gasteiger partial charge in [-0.05, 0) is 29.7 Å². The Labute approximate surface area is 138 Å². The molecule has 2 rings (SSSR count). The van der Waals surface area contributed by atoms with Crippen molar-refractivity contribution in [2.75, 3.05) is 13.6 Å². The molecule has 0 fully saturated rings. The Balaban J connectivity index is 1.84. The third kappa shape index (κ3) is 5.13. The Morgan fingerprint density at radius 2 is 1.91 bits per heavy atom. The van der Waals surface area contributed by atoms with Gasteiger partial charge < -0.3 is 10.6 Å². The average molecular weight is 313 g/mol. The predicted octanol–water partition coefficient (Wildman–Crippen LogP) is 2.97. The molecular weight excluding hydrogens is 286 g/mol. The quantitative estimate of drug-likeness (QED) is 0.610. The minimum atomic E-state index is 0.696. The number of hydrogen-bond donors (Lipinski definition) is 2. The van der Waals surface area contributed by atoms with Crippen LogP contribution in [-0.4, -0.2) is 29.3 Å². The van der Waals surface area contributed by atoms with Gasteiger partial charge in [0, 0.05) is 32.5 Å². The third-order valence-electron chi connectivity index (χ3n) is 4.10. The lowest BCUT2D eigenvalue weighted by atomic mass is 10.0. The summed E-state index contributed by atoms with van der Waals surface area (Å²) >= 11 is 0. The zero-order valence-corrected chi connectivity index (χ0v) is 14.3. The van der Waals surface area contributed by atoms with E-state index in [1.165, 1.54) is 18.4 Å². The normalized spacial score (nSPS) is 11.7. The van der Waals surface area contributed by atoms with Crippen molar-refractivity contribution in [2.24, 2.45) is 10.9 Å². The first-order chi connectivity index (χ1) is 11.3. The van der Waals surface area contributed by atoms with Crippen molar-refractivity contribution >= 4 is 5.96 Å². The summed E-state index contributed by atoms with van der Waals surface area (Å²) < 4.78 is 1.85. The van der Waals surface area contributed by atoms with Crippen LogP contribution in [-0.2, 0) is 6.54 Å². The molecule has 0 aliphatic heterocycles. The van der Waals surface area contributed by atoms with Crippen molar-refractivity contribution in [1.82, 2.24) is 20.4 Å². The lowest BCUT2D eigenvalue weighted by Gasteiger charge is -2.16. The van der Waals surface area contributed by atoms with Gasteiger partial charge in [-0.2, -0.15) is 5.10 Å². The van der Waals surface area contributed by atoms with E-state index in [1.54, 1.807) is 6.20 Å². The summed E-state index contributed by atoms with van der Waals surface area (Å²) in [5, 5.41) is 11.0. The van der Waals surface area contributed by atoms with Crippen molar-refractivity contribution in [3.63, 3.8) is 0 Å². The fraction of sp³-hybridized carbons (Fsp3) is 0.444. The molecule has 0 aliphatic rings. The molecule has 5 nitrogen and oxygen atoms in total. The van der Waals surface area contributed by atoms with Crippen LogP contribution in [0, 0.1) is 5.92 Å². The van der Waals surface area contributed by atoms with Crippen LogP contribution >= 0.6 is 0 Å². The molecule has 1 aromatic carbocycles. The Hall–Kier alpha value is -2.30. The zero-order valence-electron chi connectivity index (χ0n) is 14.3. The monoisotopic (exact) mass is 313 g/mol. The predicted molar refractivity (Wildman–Crippen MR) is 95.8 cm³/mol. The van der Waals surface area contributed by atoms with Gasteiger partial charge in [-0.3, -0.25) is 4.99 Å². The standard InChI is InChI=1S/C18H27N5/c1-4-15(5-2)13-20-18(19-3)21-14-16-7-9-17(10-8-16)23-12-6-11-22-23/h6-12,15H,4-5,13-14H2,1-3H3,(H2,19,20,21). The molecule has 2 N–H and O–H groups in total. The first kappa shape index (κ1) is 17.1. The smallest absolute Gasteiger partial charge is 0.191 e. The molecule has 1 aromatic heterocycles. The minimum Gasteiger partial charge on any atom is -0.356 e. The molecular formula is C18H27N5. The first-order valence-electron chi connectivity index (χ1n) is 8.30. The van der Waals surface area contributed by atoms with E-state index < -0.39 is 0 Å². The van der Waals surface area contributed by atoms with E-state index in [4.69, 9.17) is 0 Å². The van der Waals surface area contributed by atoms with Gasteiger partial charge in [0.15, 0.2) is 5.96 Å². The second kappa shape index (κ2) is 8.98. The lowest BCUT2D eigenvalue weighted by molar-refractivity contribution is 0.481. The molecule has 23 heavy (non-hydrogen) atoms. The molecule has 0 amide bonds. The lowest BCUT2D eigenvalue weighted by Crippen LogP contribution is -2.39. The van der Waals surface area contributed by atoms with Crippen LogP contribution in [0.4, 0.5) is 0 Å². The third-order valence-corrected chi connectivity index (χ3v) is 4.10. The Morgan fingerprint density at radius 1 is 1.17 bits per heavy atom. The Morgan fingerprint density at radius 3 is 2.48 bits per heavy atom. The highest BCUT2D eigenvalue weighted by Crippen LogP contribution is 2.08. The van der Waals surface area contributed by atoms with Gasteiger partial charge in [0.1, 0.15) is 0 Å². The van der Waals surface area contributed by atoms with Crippen molar-refractivity contribution in [2.45, 2.75) is 33.2 Å². The van der Waals surface area contributed by atoms with Gasteiger partial charge in [-0.1, -0.05) is 38.8 Å². The maximum atomic E-state index is 4.28. The Bertz CT molecular complexity index is 582. The number of benzene rings is 1. The molecule has 0 radical (unpaired) electrons. The van der Waals surface area contributed by atoms with E-state index in [0.717, 1.165) is 24.7 Å². The van der Waals surface area contributed by atoms with Crippen LogP contribution in [0.5, 0.6) is 0 Å². The maximum Gasteiger partial charge on any atom is 0.191 e. The number of rotatable bonds is 7. The fourth-order valence-electron chi connectivity index (χ4n) is 2.41. The second-order valence-electron chi connectivity index (χ2n) is 5.61. The fourth-order valence-corrected chi connectivity index (χ4v) is 2.41. The summed E-state index contributed by atoms with van der Waals surface area (Å²) in [7, 11) is 1.81. The summed E-state index contributed by atoms with van der Waals surface area (Å²) in [5.74, 6) is 1.55. The molecule has 0 saturated heterocycles. The number of guanidine groups is 1. The summed E-state index contributed by atoms with van der Waals surface area (Å²) in [6.45, 7) is 6.17. The summed E-state index contributed by atoms with van der Waals surface area (Å²) in [5.41, 5.74) is 2.28. The van der Waals surface area contributed by atoms with Gasteiger partial charge in [0.05, 0.1) is 5.69 Å². The molecule has 0 spiro atoms. The minimum absolute atomic E-state index is 0.696. The van der Waals surface area contributed by atoms with Crippen molar-refractivity contribution in [1.29, 1.82) is 0 Å². The average Bonchev–Trinajstić information content (AvgIpc) is 3.13. The van der Waals surface area contributed by atoms with Gasteiger partial charge >= 0.3 is 0 Å². The molecule has 0 atom stereocenters. The van der Waals surface area contributed by atoms with Crippen molar-refractivity contribution in [3.8, 4) is 5.69 Å². The van der Waals surface area contributed by atoms with Crippen molar-refractivity contribution < 1.29 is 0 Å². The van der Waals surface area contributed by atoms with Crippen LogP contribution < -0.4 is 10.6 Å². The van der Waals surface area contributed by atoms with E-state index in [1.807, 2.05) is 24.0 Å². The number of aromatic nitrogens is 2. The van der Waals surface area contributed by atoms with Crippen LogP contribution in [0.15, 0.2) is 47.7 Å². The van der Waals surface area contributed by atoms with Gasteiger partial charge in [-0.15, -0.1) is 0 Å². The molecule has 0 unspecified atom stereocenters. The summed E-state index contributed by atoms with van der Waals surface area (Å²) in [4.78, 5) is 4.28. The number of aliphatic imine (C=N–C) groups is 1. The van der Waals surface area contributed by atoms with Gasteiger partial charge in [0.25, 0.3) is 0 Å². The summed E-state index contributed by atoms with van der Waals surface area (Å²) in [6.07, 6.45) is 6.10. The molecule has 2 aromatic rings. The molecule has 0 aliphatic carbocycles. The largest absolute Gasteiger partial charge is 0.356 e. The zero-order chi connectivity index (χ0) is 16.5. The highest BCUT2D eigenvalue weighted by molar-refractivity contribution is 5.79. The van der Waals surface area contributed by atoms with Crippen LogP contribution in [0.25, 0.3) is 5.69 Å². The van der Waals surface area contributed by atoms with E-state index in [2.05, 4.69) is 58.8 Å². The molecule has 0 saturated carbocycles. The summed E-state index contributed by atoms with van der Waals surface area (Å²) in [6, 6.07) is 10.3. The molecule has 124 valence electrons. The number of hydrogen-bond acceptors (Lipinski definition) is 2. The molecule has 5 heteroatoms. The number of nitrogens with zero attached hydrogens (tertiary/aromatic N) is 3. The number of nitrogens with one attached hydrogen (secondary N) is 2. The van der Waals surface area contributed by atoms with Gasteiger partial charge in [0.2, 0.25) is 0 Å². The van der Waals surface area contributed by atoms with E-state index in [0.29, 0.717) is 5.92 Å². The molecule has 1 heterocycles. The molecule has 0 bridgehead atoms. The van der Waals surface area contributed by atoms with E-state index in [9.17, 15) is 0 Å². The van der Waals surface area contributed by atoms with E-state index >= 15 is 0 Å². The SMILES string of the molecule is CCC(CC)CNC(=NC)NCc1ccc(-n2cccn2)cc1. The topological polar surface area (TPSA) is 54.2 Å². The van der Waals surface area contributed by atoms with Crippen LogP contribution in [0.1, 0.15) is 32.3 Å². The maximum absolute atomic E-state index is 4.28. The van der Waals surface area contributed by atoms with Gasteiger partial charge in [-0.25, -0.2) is 4.68 Å². The van der Waals surface area contributed by atoms with E-state index in [-0.39, 0.29) is 0 Å².